The van der Waals surface area contributed by atoms with Gasteiger partial charge in [0.2, 0.25) is 0 Å². The zero-order valence-electron chi connectivity index (χ0n) is 11.8. The van der Waals surface area contributed by atoms with Crippen molar-refractivity contribution < 1.29 is 14.7 Å². The molecule has 5 heteroatoms. The largest absolute Gasteiger partial charge is 0.478 e. The third-order valence-corrected chi connectivity index (χ3v) is 3.24. The number of benzene rings is 2. The van der Waals surface area contributed by atoms with Gasteiger partial charge >= 0.3 is 5.97 Å². The summed E-state index contributed by atoms with van der Waals surface area (Å²) in [4.78, 5) is 22.7. The number of hydrogen-bond acceptors (Lipinski definition) is 2. The van der Waals surface area contributed by atoms with Crippen LogP contribution in [0.3, 0.4) is 0 Å². The Morgan fingerprint density at radius 3 is 2.64 bits per heavy atom. The Hall–Kier alpha value is -2.59. The van der Waals surface area contributed by atoms with E-state index in [0.717, 1.165) is 11.6 Å². The number of carbonyl (C=O) groups is 2. The van der Waals surface area contributed by atoms with E-state index in [0.29, 0.717) is 21.8 Å². The fourth-order valence-electron chi connectivity index (χ4n) is 1.89. The van der Waals surface area contributed by atoms with Gasteiger partial charge in [-0.1, -0.05) is 29.8 Å². The first-order valence-electron chi connectivity index (χ1n) is 6.54. The fourth-order valence-corrected chi connectivity index (χ4v) is 2.21. The Balaban J connectivity index is 2.18. The molecule has 0 atom stereocenters. The van der Waals surface area contributed by atoms with Crippen molar-refractivity contribution in [3.63, 3.8) is 0 Å². The Morgan fingerprint density at radius 1 is 1.18 bits per heavy atom. The summed E-state index contributed by atoms with van der Waals surface area (Å²) < 4.78 is 0. The van der Waals surface area contributed by atoms with Crippen LogP contribution in [0.1, 0.15) is 21.5 Å². The van der Waals surface area contributed by atoms with Crippen molar-refractivity contribution >= 4 is 35.2 Å². The van der Waals surface area contributed by atoms with Gasteiger partial charge in [-0.15, -0.1) is 0 Å². The third-order valence-electron chi connectivity index (χ3n) is 2.93. The number of hydrogen-bond donors (Lipinski definition) is 2. The van der Waals surface area contributed by atoms with Crippen molar-refractivity contribution in [2.45, 2.75) is 6.92 Å². The Kier molecular flexibility index (Phi) is 4.96. The molecule has 0 aliphatic rings. The molecule has 2 aromatic rings. The summed E-state index contributed by atoms with van der Waals surface area (Å²) in [5, 5.41) is 11.8. The van der Waals surface area contributed by atoms with Gasteiger partial charge in [0.15, 0.2) is 0 Å². The molecule has 0 spiro atoms. The van der Waals surface area contributed by atoms with Crippen molar-refractivity contribution in [3.05, 3.63) is 70.3 Å². The molecule has 2 aromatic carbocycles. The highest BCUT2D eigenvalue weighted by Crippen LogP contribution is 2.20. The van der Waals surface area contributed by atoms with Crippen LogP contribution in [0.2, 0.25) is 5.02 Å². The van der Waals surface area contributed by atoms with Crippen LogP contribution >= 0.6 is 11.6 Å². The fraction of sp³-hybridized carbons (Fsp3) is 0.0588. The molecular weight excluding hydrogens is 302 g/mol. The van der Waals surface area contributed by atoms with Gasteiger partial charge in [0.1, 0.15) is 0 Å². The summed E-state index contributed by atoms with van der Waals surface area (Å²) >= 11 is 6.07. The molecule has 0 aliphatic heterocycles. The topological polar surface area (TPSA) is 66.4 Å². The number of nitrogens with one attached hydrogen (secondary N) is 1. The molecule has 0 radical (unpaired) electrons. The maximum Gasteiger partial charge on any atom is 0.328 e. The van der Waals surface area contributed by atoms with Gasteiger partial charge in [0.25, 0.3) is 5.91 Å². The molecule has 0 aliphatic carbocycles. The van der Waals surface area contributed by atoms with E-state index in [1.165, 1.54) is 6.08 Å². The highest BCUT2D eigenvalue weighted by atomic mass is 35.5. The zero-order valence-corrected chi connectivity index (χ0v) is 12.6. The molecule has 1 amide bonds. The maximum absolute atomic E-state index is 12.2. The molecule has 0 aromatic heterocycles. The van der Waals surface area contributed by atoms with Crippen LogP contribution in [0.5, 0.6) is 0 Å². The number of halogens is 1. The summed E-state index contributed by atoms with van der Waals surface area (Å²) in [5.41, 5.74) is 2.60. The quantitative estimate of drug-likeness (QED) is 0.838. The van der Waals surface area contributed by atoms with E-state index in [1.807, 2.05) is 13.0 Å². The van der Waals surface area contributed by atoms with E-state index in [9.17, 15) is 9.59 Å². The average Bonchev–Trinajstić information content (AvgIpc) is 2.45. The van der Waals surface area contributed by atoms with E-state index < -0.39 is 5.97 Å². The van der Waals surface area contributed by atoms with Gasteiger partial charge in [-0.25, -0.2) is 4.79 Å². The summed E-state index contributed by atoms with van der Waals surface area (Å²) in [6, 6.07) is 12.1. The lowest BCUT2D eigenvalue weighted by molar-refractivity contribution is -0.131. The second kappa shape index (κ2) is 6.91. The van der Waals surface area contributed by atoms with Crippen LogP contribution in [-0.2, 0) is 4.79 Å². The summed E-state index contributed by atoms with van der Waals surface area (Å²) in [6.45, 7) is 1.89. The SMILES string of the molecule is Cc1ccc(C(=O)Nc2cccc(/C=C/C(=O)O)c2)c(Cl)c1. The van der Waals surface area contributed by atoms with Crippen molar-refractivity contribution in [2.24, 2.45) is 0 Å². The van der Waals surface area contributed by atoms with Crippen molar-refractivity contribution in [2.75, 3.05) is 5.32 Å². The summed E-state index contributed by atoms with van der Waals surface area (Å²) in [6.07, 6.45) is 2.49. The van der Waals surface area contributed by atoms with Crippen molar-refractivity contribution in [1.82, 2.24) is 0 Å². The van der Waals surface area contributed by atoms with Gasteiger partial charge in [-0.3, -0.25) is 4.79 Å². The minimum Gasteiger partial charge on any atom is -0.478 e. The van der Waals surface area contributed by atoms with E-state index in [2.05, 4.69) is 5.32 Å². The van der Waals surface area contributed by atoms with Gasteiger partial charge in [-0.05, 0) is 48.4 Å². The number of carboxylic acids is 1. The lowest BCUT2D eigenvalue weighted by Gasteiger charge is -2.08. The Labute approximate surface area is 133 Å². The predicted octanol–water partition coefficient (Wildman–Crippen LogP) is 4.00. The number of rotatable bonds is 4. The third kappa shape index (κ3) is 4.20. The van der Waals surface area contributed by atoms with Crippen LogP contribution in [0.25, 0.3) is 6.08 Å². The number of amides is 1. The molecule has 0 fully saturated rings. The lowest BCUT2D eigenvalue weighted by Crippen LogP contribution is -2.12. The van der Waals surface area contributed by atoms with Gasteiger partial charge in [0, 0.05) is 11.8 Å². The minimum atomic E-state index is -1.03. The van der Waals surface area contributed by atoms with E-state index in [1.54, 1.807) is 36.4 Å². The molecule has 0 unspecified atom stereocenters. The van der Waals surface area contributed by atoms with Gasteiger partial charge in [-0.2, -0.15) is 0 Å². The number of aryl methyl sites for hydroxylation is 1. The molecule has 0 saturated carbocycles. The second-order valence-corrected chi connectivity index (χ2v) is 5.14. The zero-order chi connectivity index (χ0) is 16.1. The van der Waals surface area contributed by atoms with E-state index >= 15 is 0 Å². The Bertz CT molecular complexity index is 753. The van der Waals surface area contributed by atoms with Crippen molar-refractivity contribution in [3.8, 4) is 0 Å². The number of aliphatic carboxylic acids is 1. The smallest absolute Gasteiger partial charge is 0.328 e. The van der Waals surface area contributed by atoms with Gasteiger partial charge in [0.05, 0.1) is 10.6 Å². The van der Waals surface area contributed by atoms with Crippen LogP contribution in [0.15, 0.2) is 48.5 Å². The molecule has 0 heterocycles. The first-order valence-corrected chi connectivity index (χ1v) is 6.92. The van der Waals surface area contributed by atoms with Crippen molar-refractivity contribution in [1.29, 1.82) is 0 Å². The van der Waals surface area contributed by atoms with Crippen LogP contribution in [0, 0.1) is 6.92 Å². The first-order chi connectivity index (χ1) is 10.5. The number of carbonyl (C=O) groups excluding carboxylic acids is 1. The van der Waals surface area contributed by atoms with Crippen LogP contribution < -0.4 is 5.32 Å². The maximum atomic E-state index is 12.2. The molecule has 22 heavy (non-hydrogen) atoms. The molecular formula is C17H14ClNO3. The Morgan fingerprint density at radius 2 is 1.95 bits per heavy atom. The molecule has 0 saturated heterocycles. The highest BCUT2D eigenvalue weighted by Gasteiger charge is 2.10. The highest BCUT2D eigenvalue weighted by molar-refractivity contribution is 6.34. The second-order valence-electron chi connectivity index (χ2n) is 4.73. The number of carboxylic acid groups (broad SMARTS) is 1. The predicted molar refractivity (Wildman–Crippen MR) is 87.3 cm³/mol. The normalized spacial score (nSPS) is 10.6. The molecule has 2 rings (SSSR count). The van der Waals surface area contributed by atoms with E-state index in [-0.39, 0.29) is 5.91 Å². The molecule has 4 nitrogen and oxygen atoms in total. The molecule has 2 N–H and O–H groups in total. The van der Waals surface area contributed by atoms with Gasteiger partial charge < -0.3 is 10.4 Å². The average molecular weight is 316 g/mol. The van der Waals surface area contributed by atoms with Crippen LogP contribution in [0.4, 0.5) is 5.69 Å². The monoisotopic (exact) mass is 315 g/mol. The summed E-state index contributed by atoms with van der Waals surface area (Å²) in [7, 11) is 0. The first kappa shape index (κ1) is 15.8. The molecule has 0 bridgehead atoms. The lowest BCUT2D eigenvalue weighted by atomic mass is 10.1. The van der Waals surface area contributed by atoms with E-state index in [4.69, 9.17) is 16.7 Å². The summed E-state index contributed by atoms with van der Waals surface area (Å²) in [5.74, 6) is -1.34. The number of anilines is 1. The minimum absolute atomic E-state index is 0.315. The standard InChI is InChI=1S/C17H14ClNO3/c1-11-5-7-14(15(18)9-11)17(22)19-13-4-2-3-12(10-13)6-8-16(20)21/h2-10H,1H3,(H,19,22)(H,20,21)/b8-6+. The molecule has 112 valence electrons. The van der Waals surface area contributed by atoms with Crippen LogP contribution in [-0.4, -0.2) is 17.0 Å².